The number of aliphatic hydroxyl groups excluding tert-OH is 1. The van der Waals surface area contributed by atoms with Gasteiger partial charge >= 0.3 is 5.97 Å². The summed E-state index contributed by atoms with van der Waals surface area (Å²) in [6.07, 6.45) is 0.193. The van der Waals surface area contributed by atoms with Crippen molar-refractivity contribution >= 4 is 5.97 Å². The molecule has 0 fully saturated rings. The van der Waals surface area contributed by atoms with E-state index < -0.39 is 12.1 Å². The van der Waals surface area contributed by atoms with E-state index in [1.807, 2.05) is 24.3 Å². The van der Waals surface area contributed by atoms with Crippen LogP contribution < -0.4 is 0 Å². The molecule has 0 aliphatic rings. The summed E-state index contributed by atoms with van der Waals surface area (Å²) in [4.78, 5) is 10.9. The summed E-state index contributed by atoms with van der Waals surface area (Å²) >= 11 is 0. The van der Waals surface area contributed by atoms with E-state index in [1.165, 1.54) is 12.7 Å². The molecule has 1 aromatic rings. The van der Waals surface area contributed by atoms with Crippen LogP contribution in [0.2, 0.25) is 0 Å². The van der Waals surface area contributed by atoms with Crippen LogP contribution in [0.5, 0.6) is 0 Å². The molecule has 0 aliphatic carbocycles. The lowest BCUT2D eigenvalue weighted by Crippen LogP contribution is -2.07. The molecule has 1 aromatic carbocycles. The minimum Gasteiger partial charge on any atom is -0.469 e. The highest BCUT2D eigenvalue weighted by molar-refractivity contribution is 5.70. The van der Waals surface area contributed by atoms with Gasteiger partial charge in [0.15, 0.2) is 0 Å². The van der Waals surface area contributed by atoms with Crippen LogP contribution in [0.15, 0.2) is 24.3 Å². The van der Waals surface area contributed by atoms with Gasteiger partial charge in [-0.1, -0.05) is 31.2 Å². The highest BCUT2D eigenvalue weighted by Gasteiger charge is 2.12. The van der Waals surface area contributed by atoms with Crippen molar-refractivity contribution in [2.75, 3.05) is 7.11 Å². The fraction of sp³-hybridized carbons (Fsp3) is 0.417. The summed E-state index contributed by atoms with van der Waals surface area (Å²) < 4.78 is 4.49. The smallest absolute Gasteiger partial charge is 0.308 e. The van der Waals surface area contributed by atoms with E-state index in [2.05, 4.69) is 11.7 Å². The second-order valence-electron chi connectivity index (χ2n) is 3.39. The molecule has 0 aromatic heterocycles. The van der Waals surface area contributed by atoms with Crippen molar-refractivity contribution in [2.24, 2.45) is 0 Å². The zero-order valence-electron chi connectivity index (χ0n) is 9.06. The second-order valence-corrected chi connectivity index (χ2v) is 3.39. The predicted octanol–water partition coefficient (Wildman–Crippen LogP) is 1.85. The Labute approximate surface area is 89.7 Å². The number of rotatable bonds is 4. The van der Waals surface area contributed by atoms with E-state index in [0.29, 0.717) is 0 Å². The maximum absolute atomic E-state index is 10.9. The quantitative estimate of drug-likeness (QED) is 0.768. The molecule has 1 unspecified atom stereocenters. The van der Waals surface area contributed by atoms with Gasteiger partial charge in [-0.15, -0.1) is 0 Å². The van der Waals surface area contributed by atoms with Crippen molar-refractivity contribution in [2.45, 2.75) is 25.9 Å². The monoisotopic (exact) mass is 208 g/mol. The van der Waals surface area contributed by atoms with Crippen molar-refractivity contribution in [3.63, 3.8) is 0 Å². The maximum Gasteiger partial charge on any atom is 0.308 e. The van der Waals surface area contributed by atoms with Crippen LogP contribution in [0.25, 0.3) is 0 Å². The molecular formula is C12H16O3. The van der Waals surface area contributed by atoms with Crippen LogP contribution in [0.3, 0.4) is 0 Å². The van der Waals surface area contributed by atoms with Crippen LogP contribution in [0.4, 0.5) is 0 Å². The molecule has 0 amide bonds. The summed E-state index contributed by atoms with van der Waals surface area (Å²) in [5, 5.41) is 9.68. The van der Waals surface area contributed by atoms with Crippen LogP contribution in [-0.4, -0.2) is 18.2 Å². The number of aliphatic hydroxyl groups is 1. The third kappa shape index (κ3) is 3.36. The van der Waals surface area contributed by atoms with Gasteiger partial charge in [0.25, 0.3) is 0 Å². The number of benzene rings is 1. The molecule has 0 aliphatic heterocycles. The number of carbonyl (C=O) groups excluding carboxylic acids is 1. The highest BCUT2D eigenvalue weighted by Crippen LogP contribution is 2.17. The number of hydrogen-bond acceptors (Lipinski definition) is 3. The standard InChI is InChI=1S/C12H16O3/c1-3-9-4-6-10(7-5-9)11(13)8-12(14)15-2/h4-7,11,13H,3,8H2,1-2H3. The number of ether oxygens (including phenoxy) is 1. The van der Waals surface area contributed by atoms with Crippen molar-refractivity contribution < 1.29 is 14.6 Å². The van der Waals surface area contributed by atoms with Gasteiger partial charge in [-0.05, 0) is 17.5 Å². The van der Waals surface area contributed by atoms with E-state index in [1.54, 1.807) is 0 Å². The third-order valence-corrected chi connectivity index (χ3v) is 2.36. The van der Waals surface area contributed by atoms with Gasteiger partial charge in [-0.25, -0.2) is 0 Å². The number of esters is 1. The van der Waals surface area contributed by atoms with E-state index in [0.717, 1.165) is 12.0 Å². The number of carbonyl (C=O) groups is 1. The molecule has 3 nitrogen and oxygen atoms in total. The van der Waals surface area contributed by atoms with Gasteiger partial charge < -0.3 is 9.84 Å². The van der Waals surface area contributed by atoms with Gasteiger partial charge in [-0.3, -0.25) is 4.79 Å². The Balaban J connectivity index is 2.65. The van der Waals surface area contributed by atoms with E-state index in [9.17, 15) is 9.90 Å². The topological polar surface area (TPSA) is 46.5 Å². The molecule has 0 saturated heterocycles. The van der Waals surface area contributed by atoms with E-state index >= 15 is 0 Å². The maximum atomic E-state index is 10.9. The van der Waals surface area contributed by atoms with E-state index in [-0.39, 0.29) is 6.42 Å². The molecule has 0 bridgehead atoms. The van der Waals surface area contributed by atoms with E-state index in [4.69, 9.17) is 0 Å². The van der Waals surface area contributed by atoms with Crippen molar-refractivity contribution in [3.05, 3.63) is 35.4 Å². The summed E-state index contributed by atoms with van der Waals surface area (Å²) in [5.41, 5.74) is 1.96. The van der Waals surface area contributed by atoms with Crippen LogP contribution in [-0.2, 0) is 16.0 Å². The predicted molar refractivity (Wildman–Crippen MR) is 57.4 cm³/mol. The molecule has 15 heavy (non-hydrogen) atoms. The summed E-state index contributed by atoms with van der Waals surface area (Å²) in [5.74, 6) is -0.401. The minimum absolute atomic E-state index is 0.00196. The van der Waals surface area contributed by atoms with Gasteiger partial charge in [0.2, 0.25) is 0 Å². The first-order valence-corrected chi connectivity index (χ1v) is 5.01. The van der Waals surface area contributed by atoms with Gasteiger partial charge in [0.05, 0.1) is 19.6 Å². The Bertz CT molecular complexity index is 316. The number of methoxy groups -OCH3 is 1. The van der Waals surface area contributed by atoms with Gasteiger partial charge in [0, 0.05) is 0 Å². The van der Waals surface area contributed by atoms with Crippen molar-refractivity contribution in [1.29, 1.82) is 0 Å². The highest BCUT2D eigenvalue weighted by atomic mass is 16.5. The molecular weight excluding hydrogens is 192 g/mol. The summed E-state index contributed by atoms with van der Waals surface area (Å²) in [7, 11) is 1.31. The lowest BCUT2D eigenvalue weighted by molar-refractivity contribution is -0.142. The second kappa shape index (κ2) is 5.51. The third-order valence-electron chi connectivity index (χ3n) is 2.36. The first-order chi connectivity index (χ1) is 7.17. The zero-order valence-corrected chi connectivity index (χ0v) is 9.06. The molecule has 0 heterocycles. The summed E-state index contributed by atoms with van der Waals surface area (Å²) in [6, 6.07) is 7.59. The Kier molecular flexibility index (Phi) is 4.31. The van der Waals surface area contributed by atoms with Gasteiger partial charge in [-0.2, -0.15) is 0 Å². The fourth-order valence-corrected chi connectivity index (χ4v) is 1.33. The molecule has 82 valence electrons. The SMILES string of the molecule is CCc1ccc(C(O)CC(=O)OC)cc1. The Morgan fingerprint density at radius 2 is 2.00 bits per heavy atom. The van der Waals surface area contributed by atoms with Crippen molar-refractivity contribution in [3.8, 4) is 0 Å². The Morgan fingerprint density at radius 1 is 1.40 bits per heavy atom. The first kappa shape index (κ1) is 11.7. The number of hydrogen-bond donors (Lipinski definition) is 1. The zero-order chi connectivity index (χ0) is 11.3. The van der Waals surface area contributed by atoms with Crippen LogP contribution in [0.1, 0.15) is 30.6 Å². The largest absolute Gasteiger partial charge is 0.469 e. The lowest BCUT2D eigenvalue weighted by Gasteiger charge is -2.09. The Morgan fingerprint density at radius 3 is 2.47 bits per heavy atom. The molecule has 0 radical (unpaired) electrons. The average Bonchev–Trinajstić information content (AvgIpc) is 2.29. The lowest BCUT2D eigenvalue weighted by atomic mass is 10.0. The molecule has 3 heteroatoms. The fourth-order valence-electron chi connectivity index (χ4n) is 1.33. The molecule has 1 N–H and O–H groups in total. The molecule has 1 rings (SSSR count). The van der Waals surface area contributed by atoms with Gasteiger partial charge in [0.1, 0.15) is 0 Å². The Hall–Kier alpha value is -1.35. The van der Waals surface area contributed by atoms with Crippen LogP contribution in [0, 0.1) is 0 Å². The van der Waals surface area contributed by atoms with Crippen LogP contribution >= 0.6 is 0 Å². The normalized spacial score (nSPS) is 12.2. The molecule has 0 saturated carbocycles. The summed E-state index contributed by atoms with van der Waals surface area (Å²) in [6.45, 7) is 2.07. The minimum atomic E-state index is -0.775. The average molecular weight is 208 g/mol. The molecule has 0 spiro atoms. The molecule has 1 atom stereocenters. The number of aryl methyl sites for hydroxylation is 1. The first-order valence-electron chi connectivity index (χ1n) is 5.01. The van der Waals surface area contributed by atoms with Crippen molar-refractivity contribution in [1.82, 2.24) is 0 Å².